The molecule has 0 aliphatic carbocycles. The summed E-state index contributed by atoms with van der Waals surface area (Å²) < 4.78 is 40.3. The molecule has 1 aliphatic rings. The smallest absolute Gasteiger partial charge is 0.376 e. The predicted molar refractivity (Wildman–Crippen MR) is 93.8 cm³/mol. The Morgan fingerprint density at radius 1 is 1.12 bits per heavy atom. The van der Waals surface area contributed by atoms with Crippen LogP contribution < -0.4 is 5.32 Å². The monoisotopic (exact) mass is 381 g/mol. The van der Waals surface area contributed by atoms with E-state index < -0.39 is 18.2 Å². The van der Waals surface area contributed by atoms with Crippen LogP contribution in [0.3, 0.4) is 0 Å². The van der Waals surface area contributed by atoms with Crippen molar-refractivity contribution in [2.24, 2.45) is 0 Å². The van der Waals surface area contributed by atoms with E-state index in [1.807, 2.05) is 24.3 Å². The maximum absolute atomic E-state index is 13.4. The van der Waals surface area contributed by atoms with Crippen LogP contribution in [0, 0.1) is 0 Å². The summed E-state index contributed by atoms with van der Waals surface area (Å²) in [6, 6.07) is 14.6. The highest BCUT2D eigenvalue weighted by Gasteiger charge is 2.54. The standard InChI is InChI=1S/C19H18F3NO2S/c20-19(21,22)18(25,14-7-2-1-3-8-14)10-11-23-17(24)16-12-13-6-4-5-9-15(13)26-16/h1-9,16,25H,10-12H2,(H,23,24)/t16-,18+/m1/s1. The third kappa shape index (κ3) is 3.73. The Morgan fingerprint density at radius 2 is 1.77 bits per heavy atom. The number of amides is 1. The second-order valence-electron chi connectivity index (χ2n) is 6.18. The second kappa shape index (κ2) is 7.32. The van der Waals surface area contributed by atoms with Gasteiger partial charge < -0.3 is 10.4 Å². The van der Waals surface area contributed by atoms with Crippen LogP contribution in [0.25, 0.3) is 0 Å². The molecular formula is C19H18F3NO2S. The van der Waals surface area contributed by atoms with Gasteiger partial charge >= 0.3 is 6.18 Å². The number of nitrogens with one attached hydrogen (secondary N) is 1. The van der Waals surface area contributed by atoms with Crippen LogP contribution in [-0.2, 0) is 16.8 Å². The number of fused-ring (bicyclic) bond motifs is 1. The van der Waals surface area contributed by atoms with Crippen molar-refractivity contribution in [1.29, 1.82) is 0 Å². The molecule has 1 aliphatic heterocycles. The first-order valence-electron chi connectivity index (χ1n) is 8.18. The number of rotatable bonds is 5. The highest BCUT2D eigenvalue weighted by molar-refractivity contribution is 8.01. The van der Waals surface area contributed by atoms with E-state index >= 15 is 0 Å². The lowest BCUT2D eigenvalue weighted by Crippen LogP contribution is -2.45. The number of hydrogen-bond acceptors (Lipinski definition) is 3. The maximum Gasteiger partial charge on any atom is 0.421 e. The summed E-state index contributed by atoms with van der Waals surface area (Å²) in [6.45, 7) is -0.267. The Morgan fingerprint density at radius 3 is 2.42 bits per heavy atom. The summed E-state index contributed by atoms with van der Waals surface area (Å²) >= 11 is 1.41. The molecule has 2 aromatic rings. The number of carbonyl (C=O) groups is 1. The predicted octanol–water partition coefficient (Wildman–Crippen LogP) is 3.66. The molecule has 3 nitrogen and oxygen atoms in total. The van der Waals surface area contributed by atoms with Gasteiger partial charge in [-0.2, -0.15) is 13.2 Å². The Hall–Kier alpha value is -1.99. The lowest BCUT2D eigenvalue weighted by molar-refractivity contribution is -0.268. The first-order valence-corrected chi connectivity index (χ1v) is 9.06. The summed E-state index contributed by atoms with van der Waals surface area (Å²) in [7, 11) is 0. The van der Waals surface area contributed by atoms with Gasteiger partial charge in [0.25, 0.3) is 0 Å². The molecule has 2 atom stereocenters. The van der Waals surface area contributed by atoms with Crippen molar-refractivity contribution in [2.45, 2.75) is 34.8 Å². The van der Waals surface area contributed by atoms with Crippen LogP contribution in [0.5, 0.6) is 0 Å². The third-order valence-electron chi connectivity index (χ3n) is 4.45. The number of alkyl halides is 3. The lowest BCUT2D eigenvalue weighted by Gasteiger charge is -2.31. The minimum Gasteiger partial charge on any atom is -0.376 e. The van der Waals surface area contributed by atoms with E-state index in [4.69, 9.17) is 0 Å². The molecule has 0 spiro atoms. The van der Waals surface area contributed by atoms with Crippen LogP contribution in [0.15, 0.2) is 59.5 Å². The van der Waals surface area contributed by atoms with E-state index in [1.54, 1.807) is 6.07 Å². The number of carbonyl (C=O) groups excluding carboxylic acids is 1. The van der Waals surface area contributed by atoms with Gasteiger partial charge in [-0.1, -0.05) is 48.5 Å². The summed E-state index contributed by atoms with van der Waals surface area (Å²) in [6.07, 6.45) is -4.93. The Balaban J connectivity index is 1.62. The van der Waals surface area contributed by atoms with Crippen LogP contribution in [0.4, 0.5) is 13.2 Å². The van der Waals surface area contributed by atoms with E-state index in [0.29, 0.717) is 6.42 Å². The molecule has 0 saturated carbocycles. The zero-order chi connectivity index (χ0) is 18.8. The molecule has 0 radical (unpaired) electrons. The quantitative estimate of drug-likeness (QED) is 0.831. The van der Waals surface area contributed by atoms with Gasteiger partial charge in [0.05, 0.1) is 5.25 Å². The maximum atomic E-state index is 13.4. The Bertz CT molecular complexity index is 757. The topological polar surface area (TPSA) is 49.3 Å². The molecule has 0 fully saturated rings. The summed E-state index contributed by atoms with van der Waals surface area (Å²) in [4.78, 5) is 13.3. The number of aliphatic hydroxyl groups is 1. The molecule has 2 N–H and O–H groups in total. The molecule has 0 unspecified atom stereocenters. The molecule has 1 amide bonds. The average Bonchev–Trinajstić information content (AvgIpc) is 3.05. The van der Waals surface area contributed by atoms with E-state index in [9.17, 15) is 23.1 Å². The van der Waals surface area contributed by atoms with Gasteiger partial charge in [-0.25, -0.2) is 0 Å². The largest absolute Gasteiger partial charge is 0.421 e. The van der Waals surface area contributed by atoms with Crippen molar-refractivity contribution in [3.8, 4) is 0 Å². The van der Waals surface area contributed by atoms with E-state index in [2.05, 4.69) is 5.32 Å². The van der Waals surface area contributed by atoms with Gasteiger partial charge in [0.1, 0.15) is 0 Å². The zero-order valence-corrected chi connectivity index (χ0v) is 14.6. The van der Waals surface area contributed by atoms with E-state index in [-0.39, 0.29) is 23.3 Å². The number of thioether (sulfide) groups is 1. The minimum absolute atomic E-state index is 0.232. The first kappa shape index (κ1) is 18.8. The number of hydrogen-bond donors (Lipinski definition) is 2. The summed E-state index contributed by atoms with van der Waals surface area (Å²) in [5, 5.41) is 12.4. The molecule has 3 rings (SSSR count). The van der Waals surface area contributed by atoms with Crippen molar-refractivity contribution in [3.05, 3.63) is 65.7 Å². The van der Waals surface area contributed by atoms with Crippen molar-refractivity contribution in [3.63, 3.8) is 0 Å². The number of benzene rings is 2. The SMILES string of the molecule is O=C(NCC[C@](O)(c1ccccc1)C(F)(F)F)[C@H]1Cc2ccccc2S1. The van der Waals surface area contributed by atoms with Crippen molar-refractivity contribution < 1.29 is 23.1 Å². The molecule has 2 aromatic carbocycles. The van der Waals surface area contributed by atoms with Crippen LogP contribution in [0.2, 0.25) is 0 Å². The zero-order valence-electron chi connectivity index (χ0n) is 13.8. The lowest BCUT2D eigenvalue weighted by atomic mass is 9.89. The third-order valence-corrected chi connectivity index (χ3v) is 5.76. The van der Waals surface area contributed by atoms with Gasteiger partial charge in [-0.05, 0) is 23.6 Å². The molecule has 0 bridgehead atoms. The Labute approximate surface area is 153 Å². The average molecular weight is 381 g/mol. The van der Waals surface area contributed by atoms with Crippen molar-refractivity contribution in [2.75, 3.05) is 6.54 Å². The fourth-order valence-corrected chi connectivity index (χ4v) is 4.19. The summed E-state index contributed by atoms with van der Waals surface area (Å²) in [5.74, 6) is -0.316. The van der Waals surface area contributed by atoms with Gasteiger partial charge in [0.2, 0.25) is 5.91 Å². The molecule has 26 heavy (non-hydrogen) atoms. The van der Waals surface area contributed by atoms with Gasteiger partial charge in [-0.3, -0.25) is 4.79 Å². The highest BCUT2D eigenvalue weighted by Crippen LogP contribution is 2.41. The van der Waals surface area contributed by atoms with Crippen molar-refractivity contribution >= 4 is 17.7 Å². The van der Waals surface area contributed by atoms with Crippen LogP contribution in [0.1, 0.15) is 17.5 Å². The minimum atomic E-state index is -4.84. The molecule has 1 heterocycles. The van der Waals surface area contributed by atoms with Crippen LogP contribution >= 0.6 is 11.8 Å². The van der Waals surface area contributed by atoms with Gasteiger partial charge in [-0.15, -0.1) is 11.8 Å². The molecule has 0 saturated heterocycles. The molecule has 138 valence electrons. The fraction of sp³-hybridized carbons (Fsp3) is 0.316. The van der Waals surface area contributed by atoms with Gasteiger partial charge in [0.15, 0.2) is 5.60 Å². The summed E-state index contributed by atoms with van der Waals surface area (Å²) in [5.41, 5.74) is -2.16. The molecule has 0 aromatic heterocycles. The van der Waals surface area contributed by atoms with Gasteiger partial charge in [0, 0.05) is 17.9 Å². The van der Waals surface area contributed by atoms with Crippen LogP contribution in [-0.4, -0.2) is 29.0 Å². The number of halogens is 3. The second-order valence-corrected chi connectivity index (χ2v) is 7.43. The highest BCUT2D eigenvalue weighted by atomic mass is 32.2. The van der Waals surface area contributed by atoms with Crippen molar-refractivity contribution in [1.82, 2.24) is 5.32 Å². The first-order chi connectivity index (χ1) is 12.3. The molecular weight excluding hydrogens is 363 g/mol. The Kier molecular flexibility index (Phi) is 5.29. The van der Waals surface area contributed by atoms with E-state index in [0.717, 1.165) is 10.5 Å². The normalized spacial score (nSPS) is 18.8. The fourth-order valence-electron chi connectivity index (χ4n) is 2.97. The van der Waals surface area contributed by atoms with E-state index in [1.165, 1.54) is 36.0 Å². The molecule has 7 heteroatoms.